The zero-order chi connectivity index (χ0) is 21.4. The molecule has 156 valence electrons. The summed E-state index contributed by atoms with van der Waals surface area (Å²) >= 11 is 0. The SMILES string of the molecule is Cc1ccn(-c2cccc(C(C)C)c2)c(=O)c1C(=O)N1CCc2[nH][nH]c(=O)c2CC1. The number of nitrogens with one attached hydrogen (secondary N) is 2. The second kappa shape index (κ2) is 7.82. The number of aromatic amines is 2. The van der Waals surface area contributed by atoms with Gasteiger partial charge >= 0.3 is 0 Å². The molecule has 30 heavy (non-hydrogen) atoms. The zero-order valence-corrected chi connectivity index (χ0v) is 17.5. The van der Waals surface area contributed by atoms with Gasteiger partial charge in [-0.05, 0) is 48.6 Å². The highest BCUT2D eigenvalue weighted by Crippen LogP contribution is 2.19. The summed E-state index contributed by atoms with van der Waals surface area (Å²) in [6, 6.07) is 9.63. The van der Waals surface area contributed by atoms with Gasteiger partial charge in [0.1, 0.15) is 5.56 Å². The predicted octanol–water partition coefficient (Wildman–Crippen LogP) is 2.53. The summed E-state index contributed by atoms with van der Waals surface area (Å²) in [5, 5.41) is 5.49. The number of hydrogen-bond donors (Lipinski definition) is 2. The lowest BCUT2D eigenvalue weighted by molar-refractivity contribution is 0.0759. The average Bonchev–Trinajstić information content (AvgIpc) is 2.94. The van der Waals surface area contributed by atoms with Crippen LogP contribution in [0.25, 0.3) is 5.69 Å². The minimum Gasteiger partial charge on any atom is -0.338 e. The first-order valence-corrected chi connectivity index (χ1v) is 10.3. The number of nitrogens with zero attached hydrogens (tertiary/aromatic N) is 2. The van der Waals surface area contributed by atoms with Gasteiger partial charge in [-0.2, -0.15) is 0 Å². The topological polar surface area (TPSA) is 91.0 Å². The first-order chi connectivity index (χ1) is 14.4. The van der Waals surface area contributed by atoms with Crippen molar-refractivity contribution < 1.29 is 4.79 Å². The molecule has 4 rings (SSSR count). The molecule has 7 heteroatoms. The normalized spacial score (nSPS) is 13.9. The second-order valence-corrected chi connectivity index (χ2v) is 8.13. The van der Waals surface area contributed by atoms with Crippen molar-refractivity contribution in [1.29, 1.82) is 0 Å². The molecule has 1 aliphatic rings. The number of carbonyl (C=O) groups is 1. The molecule has 0 fully saturated rings. The number of H-pyrrole nitrogens is 2. The Morgan fingerprint density at radius 3 is 2.60 bits per heavy atom. The molecule has 0 aliphatic carbocycles. The van der Waals surface area contributed by atoms with Crippen molar-refractivity contribution in [3.8, 4) is 5.69 Å². The van der Waals surface area contributed by atoms with Crippen molar-refractivity contribution in [2.75, 3.05) is 13.1 Å². The summed E-state index contributed by atoms with van der Waals surface area (Å²) in [6.07, 6.45) is 2.74. The Kier molecular flexibility index (Phi) is 5.20. The first-order valence-electron chi connectivity index (χ1n) is 10.3. The Morgan fingerprint density at radius 1 is 1.07 bits per heavy atom. The highest BCUT2D eigenvalue weighted by atomic mass is 16.2. The number of fused-ring (bicyclic) bond motifs is 1. The van der Waals surface area contributed by atoms with Crippen LogP contribution in [0.5, 0.6) is 0 Å². The van der Waals surface area contributed by atoms with E-state index in [-0.39, 0.29) is 22.6 Å². The van der Waals surface area contributed by atoms with Crippen LogP contribution in [-0.4, -0.2) is 38.7 Å². The van der Waals surface area contributed by atoms with Crippen molar-refractivity contribution in [2.45, 2.75) is 39.5 Å². The van der Waals surface area contributed by atoms with Crippen molar-refractivity contribution in [3.05, 3.63) is 85.2 Å². The molecule has 7 nitrogen and oxygen atoms in total. The fourth-order valence-electron chi connectivity index (χ4n) is 3.99. The van der Waals surface area contributed by atoms with Crippen LogP contribution in [0.15, 0.2) is 46.1 Å². The molecule has 2 N–H and O–H groups in total. The molecular formula is C23H26N4O3. The highest BCUT2D eigenvalue weighted by molar-refractivity contribution is 5.95. The number of rotatable bonds is 3. The van der Waals surface area contributed by atoms with Gasteiger partial charge in [-0.15, -0.1) is 0 Å². The van der Waals surface area contributed by atoms with E-state index >= 15 is 0 Å². The lowest BCUT2D eigenvalue weighted by Gasteiger charge is -2.21. The van der Waals surface area contributed by atoms with E-state index in [1.54, 1.807) is 18.0 Å². The number of benzene rings is 1. The Balaban J connectivity index is 1.69. The molecule has 0 spiro atoms. The average molecular weight is 406 g/mol. The number of hydrogen-bond acceptors (Lipinski definition) is 3. The number of aryl methyl sites for hydroxylation is 1. The van der Waals surface area contributed by atoms with Crippen LogP contribution in [0.2, 0.25) is 0 Å². The third kappa shape index (κ3) is 3.51. The minimum atomic E-state index is -0.318. The van der Waals surface area contributed by atoms with Gasteiger partial charge in [0, 0.05) is 42.7 Å². The molecule has 0 bridgehead atoms. The van der Waals surface area contributed by atoms with E-state index in [1.165, 1.54) is 4.57 Å². The Morgan fingerprint density at radius 2 is 1.83 bits per heavy atom. The van der Waals surface area contributed by atoms with Gasteiger partial charge in [0.05, 0.1) is 0 Å². The maximum Gasteiger partial charge on any atom is 0.268 e. The van der Waals surface area contributed by atoms with E-state index in [0.717, 1.165) is 16.9 Å². The summed E-state index contributed by atoms with van der Waals surface area (Å²) in [4.78, 5) is 40.2. The van der Waals surface area contributed by atoms with Gasteiger partial charge in [-0.3, -0.25) is 24.0 Å². The maximum absolute atomic E-state index is 13.3. The van der Waals surface area contributed by atoms with Crippen LogP contribution in [0, 0.1) is 6.92 Å². The van der Waals surface area contributed by atoms with Crippen LogP contribution >= 0.6 is 0 Å². The van der Waals surface area contributed by atoms with Crippen LogP contribution in [0.4, 0.5) is 0 Å². The van der Waals surface area contributed by atoms with Gasteiger partial charge in [-0.1, -0.05) is 26.0 Å². The molecule has 0 saturated heterocycles. The van der Waals surface area contributed by atoms with E-state index in [9.17, 15) is 14.4 Å². The fraction of sp³-hybridized carbons (Fsp3) is 0.348. The minimum absolute atomic E-state index is 0.136. The van der Waals surface area contributed by atoms with E-state index in [1.807, 2.05) is 30.3 Å². The van der Waals surface area contributed by atoms with E-state index in [0.29, 0.717) is 43.0 Å². The van der Waals surface area contributed by atoms with E-state index < -0.39 is 0 Å². The summed E-state index contributed by atoms with van der Waals surface area (Å²) in [5.74, 6) is 0.0537. The van der Waals surface area contributed by atoms with Crippen molar-refractivity contribution in [2.24, 2.45) is 0 Å². The molecule has 1 aliphatic heterocycles. The molecule has 0 atom stereocenters. The fourth-order valence-corrected chi connectivity index (χ4v) is 3.99. The molecule has 0 saturated carbocycles. The summed E-state index contributed by atoms with van der Waals surface area (Å²) in [5.41, 5.74) is 3.79. The van der Waals surface area contributed by atoms with Gasteiger partial charge < -0.3 is 10.00 Å². The van der Waals surface area contributed by atoms with Gasteiger partial charge in [0.25, 0.3) is 17.0 Å². The summed E-state index contributed by atoms with van der Waals surface area (Å²) < 4.78 is 1.54. The van der Waals surface area contributed by atoms with E-state index in [2.05, 4.69) is 24.0 Å². The van der Waals surface area contributed by atoms with Crippen LogP contribution in [-0.2, 0) is 12.8 Å². The van der Waals surface area contributed by atoms with Gasteiger partial charge in [0.15, 0.2) is 0 Å². The number of carbonyl (C=O) groups excluding carboxylic acids is 1. The molecule has 2 aromatic heterocycles. The van der Waals surface area contributed by atoms with Crippen LogP contribution in [0.1, 0.15) is 52.5 Å². The highest BCUT2D eigenvalue weighted by Gasteiger charge is 2.26. The van der Waals surface area contributed by atoms with E-state index in [4.69, 9.17) is 0 Å². The monoisotopic (exact) mass is 406 g/mol. The molecular weight excluding hydrogens is 380 g/mol. The molecule has 0 radical (unpaired) electrons. The van der Waals surface area contributed by atoms with Crippen molar-refractivity contribution >= 4 is 5.91 Å². The van der Waals surface area contributed by atoms with Crippen molar-refractivity contribution in [3.63, 3.8) is 0 Å². The van der Waals surface area contributed by atoms with Crippen LogP contribution < -0.4 is 11.1 Å². The first kappa shape index (κ1) is 19.9. The largest absolute Gasteiger partial charge is 0.338 e. The van der Waals surface area contributed by atoms with Crippen LogP contribution in [0.3, 0.4) is 0 Å². The third-order valence-corrected chi connectivity index (χ3v) is 5.85. The number of amides is 1. The zero-order valence-electron chi connectivity index (χ0n) is 17.5. The molecule has 3 aromatic rings. The molecule has 1 amide bonds. The smallest absolute Gasteiger partial charge is 0.268 e. The standard InChI is InChI=1S/C23H26N4O3/c1-14(2)16-5-4-6-17(13-16)27-12-7-15(3)20(23(27)30)22(29)26-10-8-18-19(9-11-26)24-25-21(18)28/h4-7,12-14H,8-11H2,1-3H3,(H2,24,25,28). The lowest BCUT2D eigenvalue weighted by atomic mass is 10.0. The lowest BCUT2D eigenvalue weighted by Crippen LogP contribution is -2.38. The molecule has 0 unspecified atom stereocenters. The molecule has 3 heterocycles. The predicted molar refractivity (Wildman–Crippen MR) is 116 cm³/mol. The maximum atomic E-state index is 13.3. The Bertz CT molecular complexity index is 1220. The quantitative estimate of drug-likeness (QED) is 0.700. The third-order valence-electron chi connectivity index (χ3n) is 5.85. The van der Waals surface area contributed by atoms with Gasteiger partial charge in [-0.25, -0.2) is 0 Å². The second-order valence-electron chi connectivity index (χ2n) is 8.13. The Hall–Kier alpha value is -3.35. The number of pyridine rings is 1. The Labute approximate surface area is 174 Å². The van der Waals surface area contributed by atoms with Crippen molar-refractivity contribution in [1.82, 2.24) is 19.7 Å². The summed E-state index contributed by atoms with van der Waals surface area (Å²) in [7, 11) is 0. The summed E-state index contributed by atoms with van der Waals surface area (Å²) in [6.45, 7) is 6.85. The molecule has 1 aromatic carbocycles. The number of aromatic nitrogens is 3. The van der Waals surface area contributed by atoms with Gasteiger partial charge in [0.2, 0.25) is 0 Å².